The zero-order valence-electron chi connectivity index (χ0n) is 14.2. The van der Waals surface area contributed by atoms with E-state index in [2.05, 4.69) is 30.3 Å². The zero-order chi connectivity index (χ0) is 16.6. The molecule has 3 rings (SSSR count). The van der Waals surface area contributed by atoms with Crippen molar-refractivity contribution in [1.82, 2.24) is 4.98 Å². The fraction of sp³-hybridized carbons (Fsp3) is 0.526. The first-order chi connectivity index (χ1) is 10.9. The quantitative estimate of drug-likeness (QED) is 0.898. The summed E-state index contributed by atoms with van der Waals surface area (Å²) < 4.78 is 5.80. The first-order valence-electron chi connectivity index (χ1n) is 8.37. The molecule has 1 aromatic rings. The molecule has 124 valence electrons. The molecule has 1 saturated carbocycles. The fourth-order valence-corrected chi connectivity index (χ4v) is 3.22. The first kappa shape index (κ1) is 16.1. The summed E-state index contributed by atoms with van der Waals surface area (Å²) in [6.07, 6.45) is 8.35. The van der Waals surface area contributed by atoms with Crippen molar-refractivity contribution in [3.05, 3.63) is 36.2 Å². The van der Waals surface area contributed by atoms with Crippen LogP contribution >= 0.6 is 0 Å². The Kier molecular flexibility index (Phi) is 4.19. The third kappa shape index (κ3) is 3.42. The second-order valence-corrected chi connectivity index (χ2v) is 7.37. The van der Waals surface area contributed by atoms with Gasteiger partial charge in [-0.25, -0.2) is 4.98 Å². The minimum Gasteiger partial charge on any atom is -0.492 e. The molecule has 0 amide bonds. The van der Waals surface area contributed by atoms with Crippen molar-refractivity contribution < 1.29 is 9.84 Å². The highest BCUT2D eigenvalue weighted by Gasteiger charge is 2.43. The predicted molar refractivity (Wildman–Crippen MR) is 93.5 cm³/mol. The highest BCUT2D eigenvalue weighted by Crippen LogP contribution is 2.42. The van der Waals surface area contributed by atoms with E-state index >= 15 is 0 Å². The van der Waals surface area contributed by atoms with Gasteiger partial charge in [0.2, 0.25) is 0 Å². The van der Waals surface area contributed by atoms with Gasteiger partial charge in [0.25, 0.3) is 0 Å². The second kappa shape index (κ2) is 6.00. The number of pyridine rings is 1. The number of aromatic nitrogens is 1. The summed E-state index contributed by atoms with van der Waals surface area (Å²) in [5, 5.41) is 10.0. The molecule has 1 N–H and O–H groups in total. The number of ether oxygens (including phenoxy) is 1. The number of hydrogen-bond acceptors (Lipinski definition) is 4. The van der Waals surface area contributed by atoms with Crippen LogP contribution in [0.25, 0.3) is 6.08 Å². The van der Waals surface area contributed by atoms with E-state index in [9.17, 15) is 5.11 Å². The molecule has 0 aromatic carbocycles. The molecule has 4 heteroatoms. The van der Waals surface area contributed by atoms with Crippen LogP contribution in [-0.4, -0.2) is 28.3 Å². The van der Waals surface area contributed by atoms with Gasteiger partial charge >= 0.3 is 0 Å². The first-order valence-corrected chi connectivity index (χ1v) is 8.37. The van der Waals surface area contributed by atoms with Crippen molar-refractivity contribution in [2.24, 2.45) is 5.92 Å². The molecule has 0 atom stereocenters. The predicted octanol–water partition coefficient (Wildman–Crippen LogP) is 3.77. The van der Waals surface area contributed by atoms with Crippen molar-refractivity contribution in [2.75, 3.05) is 11.5 Å². The van der Waals surface area contributed by atoms with Gasteiger partial charge in [-0.05, 0) is 50.3 Å². The Balaban J connectivity index is 1.75. The molecule has 0 bridgehead atoms. The van der Waals surface area contributed by atoms with Gasteiger partial charge in [-0.15, -0.1) is 0 Å². The maximum absolute atomic E-state index is 10.0. The smallest absolute Gasteiger partial charge is 0.140 e. The van der Waals surface area contributed by atoms with Gasteiger partial charge in [0.05, 0.1) is 18.4 Å². The molecule has 0 radical (unpaired) electrons. The number of anilines is 1. The van der Waals surface area contributed by atoms with Crippen LogP contribution in [0, 0.1) is 5.92 Å². The van der Waals surface area contributed by atoms with Crippen molar-refractivity contribution in [1.29, 1.82) is 0 Å². The van der Waals surface area contributed by atoms with E-state index in [1.807, 2.05) is 25.1 Å². The van der Waals surface area contributed by atoms with Crippen LogP contribution in [0.4, 0.5) is 5.82 Å². The van der Waals surface area contributed by atoms with E-state index < -0.39 is 5.60 Å². The lowest BCUT2D eigenvalue weighted by atomic mass is 9.76. The van der Waals surface area contributed by atoms with E-state index in [0.717, 1.165) is 42.1 Å². The molecule has 0 spiro atoms. The molecule has 2 aliphatic rings. The van der Waals surface area contributed by atoms with Gasteiger partial charge < -0.3 is 14.7 Å². The van der Waals surface area contributed by atoms with Crippen molar-refractivity contribution in [3.63, 3.8) is 0 Å². The Labute approximate surface area is 138 Å². The van der Waals surface area contributed by atoms with E-state index in [1.165, 1.54) is 0 Å². The monoisotopic (exact) mass is 314 g/mol. The number of hydrogen-bond donors (Lipinski definition) is 1. The molecule has 4 nitrogen and oxygen atoms in total. The lowest BCUT2D eigenvalue weighted by molar-refractivity contribution is -0.0294. The summed E-state index contributed by atoms with van der Waals surface area (Å²) >= 11 is 0. The van der Waals surface area contributed by atoms with Crippen LogP contribution in [-0.2, 0) is 0 Å². The van der Waals surface area contributed by atoms with Gasteiger partial charge in [0.1, 0.15) is 11.6 Å². The van der Waals surface area contributed by atoms with Crippen molar-refractivity contribution in [3.8, 4) is 5.75 Å². The van der Waals surface area contributed by atoms with Crippen LogP contribution in [0.2, 0.25) is 0 Å². The minimum absolute atomic E-state index is 0.265. The van der Waals surface area contributed by atoms with Crippen LogP contribution in [0.5, 0.6) is 5.75 Å². The van der Waals surface area contributed by atoms with Crippen LogP contribution in [0.15, 0.2) is 30.6 Å². The van der Waals surface area contributed by atoms with Crippen LogP contribution in [0.3, 0.4) is 0 Å². The van der Waals surface area contributed by atoms with E-state index in [1.54, 1.807) is 6.20 Å². The SMILES string of the molecule is C=C1C=Cc2cc(OCCC(C)C)cnc2N1[C@H]1C[C@](C)(O)C1. The number of rotatable bonds is 5. The van der Waals surface area contributed by atoms with Gasteiger partial charge in [0.15, 0.2) is 0 Å². The van der Waals surface area contributed by atoms with Gasteiger partial charge in [-0.1, -0.05) is 20.4 Å². The molecule has 1 fully saturated rings. The highest BCUT2D eigenvalue weighted by atomic mass is 16.5. The molecular formula is C19H26N2O2. The Bertz CT molecular complexity index is 626. The Morgan fingerprint density at radius 3 is 2.83 bits per heavy atom. The maximum atomic E-state index is 10.0. The topological polar surface area (TPSA) is 45.6 Å². The summed E-state index contributed by atoms with van der Waals surface area (Å²) in [6.45, 7) is 11.1. The van der Waals surface area contributed by atoms with Gasteiger partial charge in [0, 0.05) is 17.3 Å². The van der Waals surface area contributed by atoms with Gasteiger partial charge in [-0.3, -0.25) is 0 Å². The molecule has 0 unspecified atom stereocenters. The molecule has 2 heterocycles. The van der Waals surface area contributed by atoms with Crippen LogP contribution < -0.4 is 9.64 Å². The highest BCUT2D eigenvalue weighted by molar-refractivity contribution is 5.74. The van der Waals surface area contributed by atoms with Crippen molar-refractivity contribution in [2.45, 2.75) is 51.7 Å². The molecule has 23 heavy (non-hydrogen) atoms. The fourth-order valence-electron chi connectivity index (χ4n) is 3.22. The van der Waals surface area contributed by atoms with Crippen molar-refractivity contribution >= 4 is 11.9 Å². The standard InChI is InChI=1S/C19H26N2O2/c1-13(2)7-8-23-17-9-15-6-5-14(3)21(18(15)20-12-17)16-10-19(4,22)11-16/h5-6,9,12-13,16,22H,3,7-8,10-11H2,1-2,4H3/t16-,19-. The number of nitrogens with zero attached hydrogens (tertiary/aromatic N) is 2. The third-order valence-corrected chi connectivity index (χ3v) is 4.54. The summed E-state index contributed by atoms with van der Waals surface area (Å²) in [5.74, 6) is 2.35. The third-order valence-electron chi connectivity index (χ3n) is 4.54. The lowest BCUT2D eigenvalue weighted by Crippen LogP contribution is -2.53. The zero-order valence-corrected chi connectivity index (χ0v) is 14.2. The largest absolute Gasteiger partial charge is 0.492 e. The molecule has 1 aliphatic heterocycles. The summed E-state index contributed by atoms with van der Waals surface area (Å²) in [5.41, 5.74) is 1.41. The summed E-state index contributed by atoms with van der Waals surface area (Å²) in [4.78, 5) is 6.75. The number of fused-ring (bicyclic) bond motifs is 1. The minimum atomic E-state index is -0.563. The Morgan fingerprint density at radius 2 is 2.17 bits per heavy atom. The second-order valence-electron chi connectivity index (χ2n) is 7.37. The molecule has 0 saturated heterocycles. The Morgan fingerprint density at radius 1 is 1.43 bits per heavy atom. The van der Waals surface area contributed by atoms with E-state index in [4.69, 9.17) is 4.74 Å². The average Bonchev–Trinajstić information content (AvgIpc) is 2.44. The number of aliphatic hydroxyl groups is 1. The van der Waals surface area contributed by atoms with Crippen LogP contribution in [0.1, 0.15) is 45.6 Å². The van der Waals surface area contributed by atoms with E-state index in [-0.39, 0.29) is 6.04 Å². The molecule has 1 aliphatic carbocycles. The normalized spacial score (nSPS) is 26.2. The maximum Gasteiger partial charge on any atom is 0.140 e. The summed E-state index contributed by atoms with van der Waals surface area (Å²) in [6, 6.07) is 2.30. The Hall–Kier alpha value is -1.81. The lowest BCUT2D eigenvalue weighted by Gasteiger charge is -2.48. The average molecular weight is 314 g/mol. The van der Waals surface area contributed by atoms with E-state index in [0.29, 0.717) is 12.5 Å². The molecule has 1 aromatic heterocycles. The summed E-state index contributed by atoms with van der Waals surface area (Å²) in [7, 11) is 0. The molecular weight excluding hydrogens is 288 g/mol. The van der Waals surface area contributed by atoms with Gasteiger partial charge in [-0.2, -0.15) is 0 Å². The number of allylic oxidation sites excluding steroid dienone is 1.